The topological polar surface area (TPSA) is 17.1 Å². The molecule has 1 unspecified atom stereocenters. The van der Waals surface area contributed by atoms with Crippen molar-refractivity contribution in [3.05, 3.63) is 0 Å². The van der Waals surface area contributed by atoms with Crippen molar-refractivity contribution in [1.29, 1.82) is 0 Å². The summed E-state index contributed by atoms with van der Waals surface area (Å²) < 4.78 is 1.01. The maximum Gasteiger partial charge on any atom is 0.192 e. The largest absolute Gasteiger partial charge is 0.319 e. The van der Waals surface area contributed by atoms with Gasteiger partial charge in [-0.05, 0) is 12.8 Å². The van der Waals surface area contributed by atoms with Crippen LogP contribution in [0.3, 0.4) is 0 Å². The van der Waals surface area contributed by atoms with E-state index in [2.05, 4.69) is 14.0 Å². The molecule has 1 heterocycles. The van der Waals surface area contributed by atoms with E-state index in [1.54, 1.807) is 0 Å². The Balaban J connectivity index is 1.85. The second-order valence-electron chi connectivity index (χ2n) is 6.70. The number of likely N-dealkylation sites (tertiary alicyclic amines) is 1. The Kier molecular flexibility index (Phi) is 8.36. The van der Waals surface area contributed by atoms with Crippen LogP contribution in [-0.2, 0) is 4.79 Å². The molecule has 0 spiro atoms. The number of carbonyl (C=O) groups excluding carboxylic acids is 1. The summed E-state index contributed by atoms with van der Waals surface area (Å²) in [5.41, 5.74) is 0. The summed E-state index contributed by atoms with van der Waals surface area (Å²) in [4.78, 5) is 11.3. The molecule has 0 amide bonds. The first-order valence-electron chi connectivity index (χ1n) is 8.51. The summed E-state index contributed by atoms with van der Waals surface area (Å²) >= 11 is 0. The van der Waals surface area contributed by atoms with Crippen LogP contribution in [0.1, 0.15) is 77.6 Å². The van der Waals surface area contributed by atoms with Crippen LogP contribution in [0, 0.1) is 0 Å². The Morgan fingerprint density at radius 3 is 1.89 bits per heavy atom. The Morgan fingerprint density at radius 2 is 1.42 bits per heavy atom. The van der Waals surface area contributed by atoms with E-state index < -0.39 is 0 Å². The van der Waals surface area contributed by atoms with Crippen LogP contribution < -0.4 is 0 Å². The molecular weight excluding hydrogens is 234 g/mol. The predicted octanol–water partition coefficient (Wildman–Crippen LogP) is 4.33. The van der Waals surface area contributed by atoms with Crippen LogP contribution in [-0.4, -0.2) is 36.9 Å². The van der Waals surface area contributed by atoms with Crippen LogP contribution in [0.15, 0.2) is 0 Å². The standard InChI is InChI=1S/C17H34NO/c1-3-4-5-6-7-8-9-10-11-12-14-18(2)15-13-17(19)16-18/h3-16H2,1-2H3/q+1. The zero-order valence-electron chi connectivity index (χ0n) is 13.3. The van der Waals surface area contributed by atoms with Crippen molar-refractivity contribution in [1.82, 2.24) is 0 Å². The van der Waals surface area contributed by atoms with Gasteiger partial charge >= 0.3 is 0 Å². The van der Waals surface area contributed by atoms with Crippen molar-refractivity contribution in [3.63, 3.8) is 0 Å². The highest BCUT2D eigenvalue weighted by molar-refractivity contribution is 5.80. The van der Waals surface area contributed by atoms with E-state index in [1.807, 2.05) is 0 Å². The second-order valence-corrected chi connectivity index (χ2v) is 6.70. The summed E-state index contributed by atoms with van der Waals surface area (Å²) in [6.07, 6.45) is 14.8. The molecule has 0 N–H and O–H groups in total. The molecule has 0 aromatic rings. The minimum atomic E-state index is 0.467. The van der Waals surface area contributed by atoms with E-state index in [0.717, 1.165) is 24.0 Å². The number of hydrogen-bond donors (Lipinski definition) is 0. The van der Waals surface area contributed by atoms with Crippen LogP contribution in [0.4, 0.5) is 0 Å². The summed E-state index contributed by atoms with van der Waals surface area (Å²) in [7, 11) is 2.25. The monoisotopic (exact) mass is 268 g/mol. The fourth-order valence-electron chi connectivity index (χ4n) is 3.15. The zero-order chi connectivity index (χ0) is 14.0. The number of quaternary nitrogens is 1. The van der Waals surface area contributed by atoms with Gasteiger partial charge < -0.3 is 4.48 Å². The lowest BCUT2D eigenvalue weighted by atomic mass is 10.1. The molecule has 1 saturated heterocycles. The lowest BCUT2D eigenvalue weighted by Gasteiger charge is -2.28. The maximum absolute atomic E-state index is 11.3. The van der Waals surface area contributed by atoms with Gasteiger partial charge in [-0.2, -0.15) is 0 Å². The minimum absolute atomic E-state index is 0.467. The quantitative estimate of drug-likeness (QED) is 0.403. The molecule has 0 aromatic carbocycles. The minimum Gasteiger partial charge on any atom is -0.319 e. The van der Waals surface area contributed by atoms with Gasteiger partial charge in [-0.3, -0.25) is 4.79 Å². The molecule has 1 atom stereocenters. The lowest BCUT2D eigenvalue weighted by molar-refractivity contribution is -0.894. The summed E-state index contributed by atoms with van der Waals surface area (Å²) in [5, 5.41) is 0. The summed E-state index contributed by atoms with van der Waals surface area (Å²) in [6, 6.07) is 0. The van der Waals surface area contributed by atoms with Crippen molar-refractivity contribution in [3.8, 4) is 0 Å². The van der Waals surface area contributed by atoms with Gasteiger partial charge in [0.25, 0.3) is 0 Å². The van der Waals surface area contributed by atoms with Gasteiger partial charge in [-0.25, -0.2) is 0 Å². The van der Waals surface area contributed by atoms with Crippen LogP contribution in [0.5, 0.6) is 0 Å². The van der Waals surface area contributed by atoms with Crippen LogP contribution in [0.2, 0.25) is 0 Å². The third kappa shape index (κ3) is 7.71. The number of likely N-dealkylation sites (N-methyl/N-ethyl adjacent to an activating group) is 1. The molecule has 1 aliphatic rings. The second kappa shape index (κ2) is 9.52. The van der Waals surface area contributed by atoms with E-state index >= 15 is 0 Å². The molecule has 0 aromatic heterocycles. The number of rotatable bonds is 11. The van der Waals surface area contributed by atoms with Crippen molar-refractivity contribution in [2.24, 2.45) is 0 Å². The normalized spacial score (nSPS) is 23.2. The number of Topliss-reactive ketones (excluding diaryl/α,β-unsaturated/α-hetero) is 1. The van der Waals surface area contributed by atoms with Crippen LogP contribution >= 0.6 is 0 Å². The molecule has 0 saturated carbocycles. The van der Waals surface area contributed by atoms with Crippen molar-refractivity contribution in [2.75, 3.05) is 26.7 Å². The van der Waals surface area contributed by atoms with Gasteiger partial charge in [-0.1, -0.05) is 58.3 Å². The third-order valence-corrected chi connectivity index (χ3v) is 4.54. The van der Waals surface area contributed by atoms with E-state index in [-0.39, 0.29) is 0 Å². The predicted molar refractivity (Wildman–Crippen MR) is 82.3 cm³/mol. The van der Waals surface area contributed by atoms with Crippen molar-refractivity contribution >= 4 is 5.78 Å². The lowest BCUT2D eigenvalue weighted by Crippen LogP contribution is -2.42. The van der Waals surface area contributed by atoms with Crippen molar-refractivity contribution < 1.29 is 9.28 Å². The zero-order valence-corrected chi connectivity index (χ0v) is 13.3. The molecule has 1 fully saturated rings. The van der Waals surface area contributed by atoms with Gasteiger partial charge in [0.05, 0.1) is 26.6 Å². The van der Waals surface area contributed by atoms with Gasteiger partial charge in [0, 0.05) is 0 Å². The first-order chi connectivity index (χ1) is 9.16. The molecule has 0 bridgehead atoms. The molecular formula is C17H34NO+. The average molecular weight is 268 g/mol. The van der Waals surface area contributed by atoms with Gasteiger partial charge in [0.15, 0.2) is 5.78 Å². The first kappa shape index (κ1) is 16.7. The van der Waals surface area contributed by atoms with Crippen molar-refractivity contribution in [2.45, 2.75) is 77.6 Å². The SMILES string of the molecule is CCCCCCCCCCCC[N+]1(C)CCC(=O)C1. The van der Waals surface area contributed by atoms with E-state index in [1.165, 1.54) is 70.8 Å². The molecule has 1 aliphatic heterocycles. The number of nitrogens with zero attached hydrogens (tertiary/aromatic N) is 1. The molecule has 2 heteroatoms. The van der Waals surface area contributed by atoms with Crippen LogP contribution in [0.25, 0.3) is 0 Å². The third-order valence-electron chi connectivity index (χ3n) is 4.54. The highest BCUT2D eigenvalue weighted by Gasteiger charge is 2.31. The molecule has 1 rings (SSSR count). The van der Waals surface area contributed by atoms with Gasteiger partial charge in [-0.15, -0.1) is 0 Å². The van der Waals surface area contributed by atoms with E-state index in [4.69, 9.17) is 0 Å². The first-order valence-corrected chi connectivity index (χ1v) is 8.51. The molecule has 0 radical (unpaired) electrons. The maximum atomic E-state index is 11.3. The highest BCUT2D eigenvalue weighted by atomic mass is 16.1. The smallest absolute Gasteiger partial charge is 0.192 e. The fourth-order valence-corrected chi connectivity index (χ4v) is 3.15. The fraction of sp³-hybridized carbons (Fsp3) is 0.941. The van der Waals surface area contributed by atoms with Gasteiger partial charge in [0.2, 0.25) is 0 Å². The molecule has 0 aliphatic carbocycles. The molecule has 19 heavy (non-hydrogen) atoms. The Labute approximate surface area is 120 Å². The number of hydrogen-bond acceptors (Lipinski definition) is 1. The Morgan fingerprint density at radius 1 is 0.895 bits per heavy atom. The van der Waals surface area contributed by atoms with E-state index in [0.29, 0.717) is 5.78 Å². The van der Waals surface area contributed by atoms with E-state index in [9.17, 15) is 4.79 Å². The number of carbonyl (C=O) groups is 1. The number of unbranched alkanes of at least 4 members (excludes halogenated alkanes) is 9. The average Bonchev–Trinajstić information content (AvgIpc) is 2.72. The van der Waals surface area contributed by atoms with Gasteiger partial charge in [0.1, 0.15) is 6.54 Å². The highest BCUT2D eigenvalue weighted by Crippen LogP contribution is 2.16. The molecule has 112 valence electrons. The summed E-state index contributed by atoms with van der Waals surface area (Å²) in [6.45, 7) is 5.35. The summed E-state index contributed by atoms with van der Waals surface area (Å²) in [5.74, 6) is 0.467. The number of ketones is 1. The Hall–Kier alpha value is -0.370. The molecule has 2 nitrogen and oxygen atoms in total. The Bertz CT molecular complexity index is 252.